The predicted molar refractivity (Wildman–Crippen MR) is 119 cm³/mol. The van der Waals surface area contributed by atoms with Crippen LogP contribution in [0.3, 0.4) is 0 Å². The molecule has 0 bridgehead atoms. The van der Waals surface area contributed by atoms with Gasteiger partial charge in [0.2, 0.25) is 10.0 Å². The van der Waals surface area contributed by atoms with Crippen LogP contribution in [0.2, 0.25) is 0 Å². The SMILES string of the molecule is CCC(C)NC(=O)c1ccc(CN2CCN(S(=O)(=O)c3ccc(C)cc3)CC2)cc1. The van der Waals surface area contributed by atoms with E-state index in [2.05, 4.69) is 10.2 Å². The molecule has 1 saturated heterocycles. The van der Waals surface area contributed by atoms with Gasteiger partial charge in [-0.3, -0.25) is 9.69 Å². The zero-order chi connectivity index (χ0) is 21.7. The van der Waals surface area contributed by atoms with E-state index >= 15 is 0 Å². The molecule has 1 atom stereocenters. The van der Waals surface area contributed by atoms with Gasteiger partial charge in [0.1, 0.15) is 0 Å². The fourth-order valence-corrected chi connectivity index (χ4v) is 4.84. The quantitative estimate of drug-likeness (QED) is 0.735. The van der Waals surface area contributed by atoms with E-state index in [1.54, 1.807) is 16.4 Å². The molecule has 0 radical (unpaired) electrons. The van der Waals surface area contributed by atoms with Crippen molar-refractivity contribution in [2.24, 2.45) is 0 Å². The lowest BCUT2D eigenvalue weighted by molar-refractivity contribution is 0.0939. The van der Waals surface area contributed by atoms with Crippen molar-refractivity contribution in [2.75, 3.05) is 26.2 Å². The number of aryl methyl sites for hydroxylation is 1. The Bertz CT molecular complexity index is 948. The molecular weight excluding hydrogens is 398 g/mol. The van der Waals surface area contributed by atoms with Crippen molar-refractivity contribution in [3.05, 3.63) is 65.2 Å². The van der Waals surface area contributed by atoms with Crippen LogP contribution in [0.5, 0.6) is 0 Å². The Morgan fingerprint density at radius 3 is 2.17 bits per heavy atom. The molecule has 162 valence electrons. The molecule has 0 spiro atoms. The number of carbonyl (C=O) groups excluding carboxylic acids is 1. The number of hydrogen-bond acceptors (Lipinski definition) is 4. The van der Waals surface area contributed by atoms with Gasteiger partial charge in [0, 0.05) is 44.3 Å². The molecule has 2 aromatic carbocycles. The lowest BCUT2D eigenvalue weighted by atomic mass is 10.1. The molecule has 1 fully saturated rings. The molecule has 6 nitrogen and oxygen atoms in total. The molecular formula is C23H31N3O3S. The second-order valence-corrected chi connectivity index (χ2v) is 9.91. The molecule has 30 heavy (non-hydrogen) atoms. The second kappa shape index (κ2) is 9.73. The highest BCUT2D eigenvalue weighted by Gasteiger charge is 2.28. The first kappa shape index (κ1) is 22.5. The number of sulfonamides is 1. The molecule has 1 unspecified atom stereocenters. The largest absolute Gasteiger partial charge is 0.350 e. The molecule has 1 aliphatic heterocycles. The van der Waals surface area contributed by atoms with E-state index in [1.807, 2.05) is 57.2 Å². The standard InChI is InChI=1S/C23H31N3O3S/c1-4-19(3)24-23(27)21-9-7-20(8-10-21)17-25-13-15-26(16-14-25)30(28,29)22-11-5-18(2)6-12-22/h5-12,19H,4,13-17H2,1-3H3,(H,24,27). The molecule has 7 heteroatoms. The first-order valence-corrected chi connectivity index (χ1v) is 11.9. The molecule has 1 N–H and O–H groups in total. The zero-order valence-electron chi connectivity index (χ0n) is 18.0. The summed E-state index contributed by atoms with van der Waals surface area (Å²) in [5, 5.41) is 2.97. The normalized spacial score (nSPS) is 16.9. The summed E-state index contributed by atoms with van der Waals surface area (Å²) in [6.07, 6.45) is 0.898. The van der Waals surface area contributed by atoms with Crippen LogP contribution in [-0.2, 0) is 16.6 Å². The minimum atomic E-state index is -3.44. The fourth-order valence-electron chi connectivity index (χ4n) is 3.42. The summed E-state index contributed by atoms with van der Waals surface area (Å²) in [5.74, 6) is -0.0502. The fraction of sp³-hybridized carbons (Fsp3) is 0.435. The average Bonchev–Trinajstić information content (AvgIpc) is 2.75. The van der Waals surface area contributed by atoms with Crippen molar-refractivity contribution in [1.82, 2.24) is 14.5 Å². The van der Waals surface area contributed by atoms with Gasteiger partial charge in [-0.15, -0.1) is 0 Å². The third-order valence-electron chi connectivity index (χ3n) is 5.60. The Kier molecular flexibility index (Phi) is 7.28. The minimum Gasteiger partial charge on any atom is -0.350 e. The molecule has 1 heterocycles. The summed E-state index contributed by atoms with van der Waals surface area (Å²) in [5.41, 5.74) is 2.82. The van der Waals surface area contributed by atoms with Crippen LogP contribution < -0.4 is 5.32 Å². The van der Waals surface area contributed by atoms with E-state index in [-0.39, 0.29) is 11.9 Å². The first-order valence-electron chi connectivity index (χ1n) is 10.5. The maximum absolute atomic E-state index is 12.8. The Balaban J connectivity index is 1.54. The Hall–Kier alpha value is -2.22. The van der Waals surface area contributed by atoms with E-state index in [4.69, 9.17) is 0 Å². The molecule has 1 aliphatic rings. The number of piperazine rings is 1. The highest BCUT2D eigenvalue weighted by molar-refractivity contribution is 7.89. The second-order valence-electron chi connectivity index (χ2n) is 7.97. The smallest absolute Gasteiger partial charge is 0.251 e. The number of carbonyl (C=O) groups is 1. The van der Waals surface area contributed by atoms with Gasteiger partial charge < -0.3 is 5.32 Å². The summed E-state index contributed by atoms with van der Waals surface area (Å²) in [6.45, 7) is 9.04. The van der Waals surface area contributed by atoms with Crippen LogP contribution in [0.1, 0.15) is 41.8 Å². The van der Waals surface area contributed by atoms with Crippen molar-refractivity contribution in [2.45, 2.75) is 44.7 Å². The van der Waals surface area contributed by atoms with Gasteiger partial charge in [-0.05, 0) is 50.1 Å². The van der Waals surface area contributed by atoms with Gasteiger partial charge in [-0.1, -0.05) is 36.8 Å². The third-order valence-corrected chi connectivity index (χ3v) is 7.52. The van der Waals surface area contributed by atoms with Crippen molar-refractivity contribution >= 4 is 15.9 Å². The van der Waals surface area contributed by atoms with E-state index in [0.717, 1.165) is 24.1 Å². The topological polar surface area (TPSA) is 69.7 Å². The Morgan fingerprint density at radius 2 is 1.60 bits per heavy atom. The number of nitrogens with zero attached hydrogens (tertiary/aromatic N) is 2. The van der Waals surface area contributed by atoms with Gasteiger partial charge in [-0.2, -0.15) is 4.31 Å². The van der Waals surface area contributed by atoms with Crippen LogP contribution in [0.25, 0.3) is 0 Å². The number of hydrogen-bond donors (Lipinski definition) is 1. The maximum atomic E-state index is 12.8. The van der Waals surface area contributed by atoms with Crippen LogP contribution in [0, 0.1) is 6.92 Å². The van der Waals surface area contributed by atoms with Gasteiger partial charge in [0.05, 0.1) is 4.90 Å². The molecule has 0 saturated carbocycles. The lowest BCUT2D eigenvalue weighted by Gasteiger charge is -2.34. The lowest BCUT2D eigenvalue weighted by Crippen LogP contribution is -2.48. The van der Waals surface area contributed by atoms with Crippen molar-refractivity contribution in [3.63, 3.8) is 0 Å². The number of benzene rings is 2. The number of amides is 1. The van der Waals surface area contributed by atoms with Gasteiger partial charge >= 0.3 is 0 Å². The summed E-state index contributed by atoms with van der Waals surface area (Å²) in [7, 11) is -3.44. The first-order chi connectivity index (χ1) is 14.3. The number of nitrogens with one attached hydrogen (secondary N) is 1. The average molecular weight is 430 g/mol. The highest BCUT2D eigenvalue weighted by atomic mass is 32.2. The monoisotopic (exact) mass is 429 g/mol. The van der Waals surface area contributed by atoms with Crippen molar-refractivity contribution in [1.29, 1.82) is 0 Å². The highest BCUT2D eigenvalue weighted by Crippen LogP contribution is 2.19. The van der Waals surface area contributed by atoms with E-state index in [1.165, 1.54) is 0 Å². The molecule has 0 aliphatic carbocycles. The maximum Gasteiger partial charge on any atom is 0.251 e. The predicted octanol–water partition coefficient (Wildman–Crippen LogP) is 3.03. The van der Waals surface area contributed by atoms with E-state index in [0.29, 0.717) is 36.6 Å². The summed E-state index contributed by atoms with van der Waals surface area (Å²) in [6, 6.07) is 14.8. The van der Waals surface area contributed by atoms with Crippen molar-refractivity contribution in [3.8, 4) is 0 Å². The molecule has 3 rings (SSSR count). The minimum absolute atomic E-state index is 0.0502. The molecule has 0 aromatic heterocycles. The summed E-state index contributed by atoms with van der Waals surface area (Å²) in [4.78, 5) is 14.8. The summed E-state index contributed by atoms with van der Waals surface area (Å²) >= 11 is 0. The van der Waals surface area contributed by atoms with Gasteiger partial charge in [0.25, 0.3) is 5.91 Å². The number of rotatable bonds is 7. The zero-order valence-corrected chi connectivity index (χ0v) is 18.8. The van der Waals surface area contributed by atoms with Gasteiger partial charge in [-0.25, -0.2) is 8.42 Å². The van der Waals surface area contributed by atoms with Gasteiger partial charge in [0.15, 0.2) is 0 Å². The van der Waals surface area contributed by atoms with E-state index in [9.17, 15) is 13.2 Å². The molecule has 1 amide bonds. The van der Waals surface area contributed by atoms with Crippen LogP contribution in [0.15, 0.2) is 53.4 Å². The van der Waals surface area contributed by atoms with Crippen LogP contribution >= 0.6 is 0 Å². The molecule has 2 aromatic rings. The third kappa shape index (κ3) is 5.47. The van der Waals surface area contributed by atoms with Crippen molar-refractivity contribution < 1.29 is 13.2 Å². The Labute approximate surface area is 179 Å². The van der Waals surface area contributed by atoms with Crippen LogP contribution in [-0.4, -0.2) is 55.8 Å². The summed E-state index contributed by atoms with van der Waals surface area (Å²) < 4.78 is 27.2. The van der Waals surface area contributed by atoms with E-state index < -0.39 is 10.0 Å². The van der Waals surface area contributed by atoms with Crippen LogP contribution in [0.4, 0.5) is 0 Å². The Morgan fingerprint density at radius 1 is 1.00 bits per heavy atom.